The molecule has 1 amide bonds. The van der Waals surface area contributed by atoms with E-state index in [4.69, 9.17) is 11.6 Å². The molecule has 148 valence electrons. The van der Waals surface area contributed by atoms with Crippen LogP contribution >= 0.6 is 11.6 Å². The highest BCUT2D eigenvalue weighted by Gasteiger charge is 2.43. The van der Waals surface area contributed by atoms with Gasteiger partial charge >= 0.3 is 0 Å². The summed E-state index contributed by atoms with van der Waals surface area (Å²) < 4.78 is 1.20. The number of carbonyl (C=O) groups is 1. The minimum Gasteiger partial charge on any atom is -0.389 e. The molecule has 28 heavy (non-hydrogen) atoms. The van der Waals surface area contributed by atoms with Crippen molar-refractivity contribution in [1.29, 1.82) is 0 Å². The molecule has 1 aliphatic carbocycles. The summed E-state index contributed by atoms with van der Waals surface area (Å²) in [6.07, 6.45) is 4.51. The van der Waals surface area contributed by atoms with Crippen molar-refractivity contribution in [2.24, 2.45) is 5.92 Å². The van der Waals surface area contributed by atoms with Gasteiger partial charge in [-0.25, -0.2) is 4.68 Å². The molecular weight excluding hydrogens is 378 g/mol. The van der Waals surface area contributed by atoms with E-state index in [0.717, 1.165) is 31.2 Å². The Morgan fingerprint density at radius 1 is 1.21 bits per heavy atom. The minimum atomic E-state index is -0.631. The van der Waals surface area contributed by atoms with E-state index in [1.165, 1.54) is 10.7 Å². The lowest BCUT2D eigenvalue weighted by Gasteiger charge is -2.47. The lowest BCUT2D eigenvalue weighted by atomic mass is 9.71. The number of fused-ring (bicyclic) bond motifs is 1. The molecule has 2 fully saturated rings. The zero-order valence-electron chi connectivity index (χ0n) is 15.7. The largest absolute Gasteiger partial charge is 0.389 e. The molecule has 1 aliphatic heterocycles. The van der Waals surface area contributed by atoms with Gasteiger partial charge in [0, 0.05) is 30.6 Å². The van der Waals surface area contributed by atoms with Crippen molar-refractivity contribution < 1.29 is 9.90 Å². The number of carbonyl (C=O) groups excluding carboxylic acids is 1. The molecule has 2 atom stereocenters. The Bertz CT molecular complexity index is 944. The Balaban J connectivity index is 1.51. The first-order chi connectivity index (χ1) is 13.5. The maximum absolute atomic E-state index is 12.8. The van der Waals surface area contributed by atoms with E-state index in [1.807, 2.05) is 18.2 Å². The van der Waals surface area contributed by atoms with Crippen LogP contribution in [0.15, 0.2) is 41.2 Å². The molecule has 0 spiro atoms. The van der Waals surface area contributed by atoms with Gasteiger partial charge in [0.2, 0.25) is 5.91 Å². The van der Waals surface area contributed by atoms with Crippen LogP contribution in [-0.2, 0) is 11.3 Å². The number of hydrogen-bond donors (Lipinski definition) is 1. The fourth-order valence-electron chi connectivity index (χ4n) is 4.40. The summed E-state index contributed by atoms with van der Waals surface area (Å²) in [6.45, 7) is 0.960. The smallest absolute Gasteiger partial charge is 0.267 e. The third-order valence-corrected chi connectivity index (χ3v) is 6.41. The lowest BCUT2D eigenvalue weighted by Crippen LogP contribution is -2.55. The van der Waals surface area contributed by atoms with Gasteiger partial charge in [-0.2, -0.15) is 5.10 Å². The second-order valence-corrected chi connectivity index (χ2v) is 8.24. The van der Waals surface area contributed by atoms with Crippen LogP contribution in [0.2, 0.25) is 5.02 Å². The summed E-state index contributed by atoms with van der Waals surface area (Å²) in [4.78, 5) is 26.8. The number of amides is 1. The quantitative estimate of drug-likeness (QED) is 0.858. The number of aromatic nitrogens is 2. The normalized spacial score (nSPS) is 24.6. The van der Waals surface area contributed by atoms with Crippen LogP contribution in [0.1, 0.15) is 32.1 Å². The number of benzene rings is 1. The highest BCUT2D eigenvalue weighted by molar-refractivity contribution is 6.33. The van der Waals surface area contributed by atoms with Gasteiger partial charge in [0.1, 0.15) is 6.54 Å². The molecule has 1 aromatic heterocycles. The lowest BCUT2D eigenvalue weighted by molar-refractivity contribution is -0.144. The zero-order chi connectivity index (χ0) is 19.7. The molecule has 2 heterocycles. The second kappa shape index (κ2) is 7.68. The molecule has 0 unspecified atom stereocenters. The summed E-state index contributed by atoms with van der Waals surface area (Å²) in [5.74, 6) is -0.0170. The molecule has 1 aromatic carbocycles. The molecule has 0 radical (unpaired) electrons. The summed E-state index contributed by atoms with van der Waals surface area (Å²) in [6, 6.07) is 10.3. The van der Waals surface area contributed by atoms with Crippen molar-refractivity contribution in [3.05, 3.63) is 51.8 Å². The molecule has 7 heteroatoms. The number of halogens is 1. The molecule has 1 saturated carbocycles. The molecule has 4 rings (SSSR count). The van der Waals surface area contributed by atoms with Gasteiger partial charge in [0.05, 0.1) is 16.3 Å². The molecule has 6 nitrogen and oxygen atoms in total. The van der Waals surface area contributed by atoms with Crippen LogP contribution in [0.3, 0.4) is 0 Å². The van der Waals surface area contributed by atoms with E-state index >= 15 is 0 Å². The van der Waals surface area contributed by atoms with Gasteiger partial charge in [-0.1, -0.05) is 42.6 Å². The predicted molar refractivity (Wildman–Crippen MR) is 107 cm³/mol. The minimum absolute atomic E-state index is 0.109. The maximum atomic E-state index is 12.8. The predicted octanol–water partition coefficient (Wildman–Crippen LogP) is 2.72. The van der Waals surface area contributed by atoms with Crippen molar-refractivity contribution in [3.8, 4) is 11.3 Å². The van der Waals surface area contributed by atoms with Crippen LogP contribution in [0.4, 0.5) is 0 Å². The van der Waals surface area contributed by atoms with Gasteiger partial charge in [0.15, 0.2) is 0 Å². The fourth-order valence-corrected chi connectivity index (χ4v) is 4.63. The van der Waals surface area contributed by atoms with E-state index in [9.17, 15) is 14.7 Å². The number of piperidine rings is 1. The molecule has 1 N–H and O–H groups in total. The van der Waals surface area contributed by atoms with E-state index < -0.39 is 5.60 Å². The van der Waals surface area contributed by atoms with Crippen LogP contribution in [0.5, 0.6) is 0 Å². The van der Waals surface area contributed by atoms with Crippen molar-refractivity contribution in [2.75, 3.05) is 13.1 Å². The molecule has 2 aromatic rings. The van der Waals surface area contributed by atoms with Crippen molar-refractivity contribution in [1.82, 2.24) is 14.7 Å². The van der Waals surface area contributed by atoms with Crippen LogP contribution in [0, 0.1) is 5.92 Å². The van der Waals surface area contributed by atoms with Gasteiger partial charge < -0.3 is 10.0 Å². The average Bonchev–Trinajstić information content (AvgIpc) is 2.69. The Morgan fingerprint density at radius 2 is 2.04 bits per heavy atom. The first-order valence-corrected chi connectivity index (χ1v) is 10.2. The standard InChI is InChI=1S/C21H24ClN3O3/c22-17-7-2-1-6-16(17)18-8-9-19(26)25(23-18)14-20(27)24-12-11-21(28)10-4-3-5-15(21)13-24/h1-2,6-9,15,28H,3-5,10-14H2/t15-,21-/m1/s1. The Labute approximate surface area is 168 Å². The maximum Gasteiger partial charge on any atom is 0.267 e. The second-order valence-electron chi connectivity index (χ2n) is 7.83. The summed E-state index contributed by atoms with van der Waals surface area (Å²) in [5.41, 5.74) is 0.318. The van der Waals surface area contributed by atoms with Gasteiger partial charge in [-0.15, -0.1) is 0 Å². The van der Waals surface area contributed by atoms with Crippen LogP contribution in [0.25, 0.3) is 11.3 Å². The van der Waals surface area contributed by atoms with E-state index in [1.54, 1.807) is 17.0 Å². The van der Waals surface area contributed by atoms with E-state index in [-0.39, 0.29) is 23.9 Å². The van der Waals surface area contributed by atoms with E-state index in [0.29, 0.717) is 30.2 Å². The highest BCUT2D eigenvalue weighted by atomic mass is 35.5. The third-order valence-electron chi connectivity index (χ3n) is 6.08. The highest BCUT2D eigenvalue weighted by Crippen LogP contribution is 2.39. The number of hydrogen-bond acceptors (Lipinski definition) is 4. The number of likely N-dealkylation sites (tertiary alicyclic amines) is 1. The molecular formula is C21H24ClN3O3. The SMILES string of the molecule is O=C(Cn1nc(-c2ccccc2Cl)ccc1=O)N1CC[C@]2(O)CCCC[C@@H]2C1. The van der Waals surface area contributed by atoms with Crippen LogP contribution < -0.4 is 5.56 Å². The van der Waals surface area contributed by atoms with Crippen molar-refractivity contribution in [2.45, 2.75) is 44.2 Å². The van der Waals surface area contributed by atoms with Gasteiger partial charge in [-0.05, 0) is 31.4 Å². The number of aliphatic hydroxyl groups is 1. The summed E-state index contributed by atoms with van der Waals surface area (Å²) >= 11 is 6.23. The number of nitrogens with zero attached hydrogens (tertiary/aromatic N) is 3. The Morgan fingerprint density at radius 3 is 2.86 bits per heavy atom. The monoisotopic (exact) mass is 401 g/mol. The van der Waals surface area contributed by atoms with Crippen molar-refractivity contribution in [3.63, 3.8) is 0 Å². The Hall–Kier alpha value is -2.18. The van der Waals surface area contributed by atoms with E-state index in [2.05, 4.69) is 5.10 Å². The zero-order valence-corrected chi connectivity index (χ0v) is 16.4. The first-order valence-electron chi connectivity index (χ1n) is 9.79. The fraction of sp³-hybridized carbons (Fsp3) is 0.476. The average molecular weight is 402 g/mol. The third kappa shape index (κ3) is 3.71. The van der Waals surface area contributed by atoms with Crippen LogP contribution in [-0.4, -0.2) is 44.4 Å². The Kier molecular flexibility index (Phi) is 5.25. The number of rotatable bonds is 3. The molecule has 2 aliphatic rings. The first kappa shape index (κ1) is 19.2. The van der Waals surface area contributed by atoms with Crippen molar-refractivity contribution >= 4 is 17.5 Å². The van der Waals surface area contributed by atoms with Gasteiger partial charge in [-0.3, -0.25) is 9.59 Å². The topological polar surface area (TPSA) is 75.4 Å². The molecule has 0 bridgehead atoms. The summed E-state index contributed by atoms with van der Waals surface area (Å²) in [5, 5.41) is 15.7. The van der Waals surface area contributed by atoms with Gasteiger partial charge in [0.25, 0.3) is 5.56 Å². The summed E-state index contributed by atoms with van der Waals surface area (Å²) in [7, 11) is 0. The molecule has 1 saturated heterocycles.